The lowest BCUT2D eigenvalue weighted by molar-refractivity contribution is -0.135. The molecular formula is C20H17ClN2O5. The number of halogens is 1. The Morgan fingerprint density at radius 3 is 2.68 bits per heavy atom. The fourth-order valence-electron chi connectivity index (χ4n) is 2.44. The average molecular weight is 401 g/mol. The molecule has 144 valence electrons. The Hall–Kier alpha value is -3.32. The molecule has 1 N–H and O–H groups in total. The summed E-state index contributed by atoms with van der Waals surface area (Å²) in [6.45, 7) is -0.418. The van der Waals surface area contributed by atoms with Crippen LogP contribution in [0.25, 0.3) is 11.0 Å². The van der Waals surface area contributed by atoms with E-state index in [9.17, 15) is 14.4 Å². The molecule has 8 heteroatoms. The molecule has 3 aromatic rings. The van der Waals surface area contributed by atoms with Crippen LogP contribution in [0.5, 0.6) is 5.75 Å². The van der Waals surface area contributed by atoms with Crippen LogP contribution >= 0.6 is 11.6 Å². The van der Waals surface area contributed by atoms with Crippen molar-refractivity contribution in [1.82, 2.24) is 4.90 Å². The van der Waals surface area contributed by atoms with Gasteiger partial charge in [-0.25, -0.2) is 4.79 Å². The molecule has 0 aliphatic heterocycles. The minimum absolute atomic E-state index is 0.153. The minimum atomic E-state index is -0.468. The number of para-hydroxylation sites is 1. The lowest BCUT2D eigenvalue weighted by Gasteiger charge is -2.17. The van der Waals surface area contributed by atoms with Crippen LogP contribution in [-0.4, -0.2) is 36.9 Å². The molecule has 28 heavy (non-hydrogen) atoms. The average Bonchev–Trinajstić information content (AvgIpc) is 2.67. The topological polar surface area (TPSA) is 88.9 Å². The Balaban J connectivity index is 1.54. The molecule has 1 heterocycles. The fraction of sp³-hybridized carbons (Fsp3) is 0.150. The number of benzene rings is 2. The predicted octanol–water partition coefficient (Wildman–Crippen LogP) is 2.92. The Kier molecular flexibility index (Phi) is 5.96. The zero-order valence-corrected chi connectivity index (χ0v) is 15.7. The molecule has 0 fully saturated rings. The second-order valence-electron chi connectivity index (χ2n) is 6.02. The van der Waals surface area contributed by atoms with Crippen molar-refractivity contribution in [1.29, 1.82) is 0 Å². The molecule has 2 amide bonds. The van der Waals surface area contributed by atoms with E-state index in [1.165, 1.54) is 24.1 Å². The smallest absolute Gasteiger partial charge is 0.336 e. The van der Waals surface area contributed by atoms with Gasteiger partial charge in [0.15, 0.2) is 6.61 Å². The first-order valence-corrected chi connectivity index (χ1v) is 8.75. The monoisotopic (exact) mass is 400 g/mol. The van der Waals surface area contributed by atoms with E-state index in [1.54, 1.807) is 42.5 Å². The summed E-state index contributed by atoms with van der Waals surface area (Å²) in [5.74, 6) is -0.385. The summed E-state index contributed by atoms with van der Waals surface area (Å²) in [5.41, 5.74) is 0.374. The summed E-state index contributed by atoms with van der Waals surface area (Å²) in [7, 11) is 1.50. The summed E-state index contributed by atoms with van der Waals surface area (Å²) in [4.78, 5) is 36.8. The Labute approximate surface area is 165 Å². The van der Waals surface area contributed by atoms with E-state index in [-0.39, 0.29) is 25.0 Å². The molecule has 2 aromatic carbocycles. The van der Waals surface area contributed by atoms with Crippen LogP contribution in [0, 0.1) is 0 Å². The number of hydrogen-bond acceptors (Lipinski definition) is 5. The van der Waals surface area contributed by atoms with Gasteiger partial charge in [0.05, 0.1) is 17.3 Å². The molecule has 0 bridgehead atoms. The van der Waals surface area contributed by atoms with Crippen molar-refractivity contribution in [3.8, 4) is 5.75 Å². The van der Waals surface area contributed by atoms with Crippen molar-refractivity contribution < 1.29 is 18.7 Å². The van der Waals surface area contributed by atoms with Gasteiger partial charge in [-0.3, -0.25) is 9.59 Å². The maximum absolute atomic E-state index is 12.2. The van der Waals surface area contributed by atoms with Crippen molar-refractivity contribution in [2.75, 3.05) is 25.5 Å². The number of carbonyl (C=O) groups excluding carboxylic acids is 2. The van der Waals surface area contributed by atoms with Crippen LogP contribution in [-0.2, 0) is 9.59 Å². The molecule has 0 atom stereocenters. The van der Waals surface area contributed by atoms with Gasteiger partial charge in [0.1, 0.15) is 11.3 Å². The zero-order valence-electron chi connectivity index (χ0n) is 15.0. The number of likely N-dealkylation sites (N-methyl/N-ethyl adjacent to an activating group) is 1. The van der Waals surface area contributed by atoms with Crippen LogP contribution in [0.15, 0.2) is 63.8 Å². The van der Waals surface area contributed by atoms with E-state index >= 15 is 0 Å². The summed E-state index contributed by atoms with van der Waals surface area (Å²) < 4.78 is 10.5. The third kappa shape index (κ3) is 4.89. The zero-order chi connectivity index (χ0) is 20.1. The number of nitrogens with one attached hydrogen (secondary N) is 1. The number of hydrogen-bond donors (Lipinski definition) is 1. The number of ether oxygens (including phenoxy) is 1. The number of nitrogens with zero attached hydrogens (tertiary/aromatic N) is 1. The highest BCUT2D eigenvalue weighted by Gasteiger charge is 2.15. The number of rotatable bonds is 6. The molecule has 0 aliphatic carbocycles. The summed E-state index contributed by atoms with van der Waals surface area (Å²) in [5, 5.41) is 3.80. The molecule has 0 radical (unpaired) electrons. The normalized spacial score (nSPS) is 10.5. The number of fused-ring (bicyclic) bond motifs is 1. The summed E-state index contributed by atoms with van der Waals surface area (Å²) >= 11 is 5.99. The van der Waals surface area contributed by atoms with Crippen molar-refractivity contribution in [2.24, 2.45) is 0 Å². The number of anilines is 1. The highest BCUT2D eigenvalue weighted by molar-refractivity contribution is 6.33. The molecule has 0 saturated carbocycles. The maximum atomic E-state index is 12.2. The van der Waals surface area contributed by atoms with Crippen LogP contribution in [0.4, 0.5) is 5.69 Å². The molecule has 0 unspecified atom stereocenters. The lowest BCUT2D eigenvalue weighted by Crippen LogP contribution is -2.37. The van der Waals surface area contributed by atoms with E-state index in [2.05, 4.69) is 5.32 Å². The Bertz CT molecular complexity index is 1080. The van der Waals surface area contributed by atoms with E-state index in [0.29, 0.717) is 22.0 Å². The van der Waals surface area contributed by atoms with E-state index in [4.69, 9.17) is 20.8 Å². The number of carbonyl (C=O) groups is 2. The standard InChI is InChI=1S/C20H17ClN2O5/c1-23(11-18(24)22-16-5-3-2-4-15(16)21)19(25)12-27-14-8-6-13-7-9-20(26)28-17(13)10-14/h2-10H,11-12H2,1H3,(H,22,24). The van der Waals surface area contributed by atoms with Crippen molar-refractivity contribution >= 4 is 40.1 Å². The minimum Gasteiger partial charge on any atom is -0.484 e. The van der Waals surface area contributed by atoms with Gasteiger partial charge < -0.3 is 19.4 Å². The van der Waals surface area contributed by atoms with Crippen LogP contribution in [0.2, 0.25) is 5.02 Å². The van der Waals surface area contributed by atoms with Crippen molar-refractivity contribution in [3.63, 3.8) is 0 Å². The van der Waals surface area contributed by atoms with Gasteiger partial charge in [-0.05, 0) is 30.3 Å². The van der Waals surface area contributed by atoms with Crippen LogP contribution < -0.4 is 15.7 Å². The van der Waals surface area contributed by atoms with Gasteiger partial charge >= 0.3 is 5.63 Å². The SMILES string of the molecule is CN(CC(=O)Nc1ccccc1Cl)C(=O)COc1ccc2ccc(=O)oc2c1. The second-order valence-corrected chi connectivity index (χ2v) is 6.43. The van der Waals surface area contributed by atoms with Gasteiger partial charge in [-0.15, -0.1) is 0 Å². The Morgan fingerprint density at radius 2 is 1.89 bits per heavy atom. The highest BCUT2D eigenvalue weighted by atomic mass is 35.5. The second kappa shape index (κ2) is 8.58. The van der Waals surface area contributed by atoms with Gasteiger partial charge in [0.2, 0.25) is 5.91 Å². The van der Waals surface area contributed by atoms with Gasteiger partial charge in [-0.1, -0.05) is 23.7 Å². The fourth-order valence-corrected chi connectivity index (χ4v) is 2.62. The van der Waals surface area contributed by atoms with Crippen LogP contribution in [0.3, 0.4) is 0 Å². The Morgan fingerprint density at radius 1 is 1.14 bits per heavy atom. The van der Waals surface area contributed by atoms with E-state index < -0.39 is 5.63 Å². The first-order chi connectivity index (χ1) is 13.4. The lowest BCUT2D eigenvalue weighted by atomic mass is 10.2. The highest BCUT2D eigenvalue weighted by Crippen LogP contribution is 2.21. The van der Waals surface area contributed by atoms with Gasteiger partial charge in [0.25, 0.3) is 5.91 Å². The van der Waals surface area contributed by atoms with Crippen LogP contribution in [0.1, 0.15) is 0 Å². The quantitative estimate of drug-likeness (QED) is 0.642. The molecule has 0 saturated heterocycles. The predicted molar refractivity (Wildman–Crippen MR) is 106 cm³/mol. The van der Waals surface area contributed by atoms with Crippen molar-refractivity contribution in [2.45, 2.75) is 0 Å². The summed E-state index contributed by atoms with van der Waals surface area (Å²) in [6.07, 6.45) is 0. The molecule has 0 aliphatic rings. The molecular weight excluding hydrogens is 384 g/mol. The molecule has 1 aromatic heterocycles. The number of amides is 2. The van der Waals surface area contributed by atoms with E-state index in [1.807, 2.05) is 0 Å². The van der Waals surface area contributed by atoms with E-state index in [0.717, 1.165) is 5.39 Å². The molecule has 0 spiro atoms. The summed E-state index contributed by atoms with van der Waals surface area (Å²) in [6, 6.07) is 14.7. The first-order valence-electron chi connectivity index (χ1n) is 8.37. The maximum Gasteiger partial charge on any atom is 0.336 e. The molecule has 7 nitrogen and oxygen atoms in total. The largest absolute Gasteiger partial charge is 0.484 e. The molecule has 3 rings (SSSR count). The van der Waals surface area contributed by atoms with Gasteiger partial charge in [-0.2, -0.15) is 0 Å². The third-order valence-electron chi connectivity index (χ3n) is 3.91. The first kappa shape index (κ1) is 19.4. The third-order valence-corrected chi connectivity index (χ3v) is 4.24. The van der Waals surface area contributed by atoms with Crippen molar-refractivity contribution in [3.05, 3.63) is 70.0 Å². The van der Waals surface area contributed by atoms with Gasteiger partial charge in [0, 0.05) is 24.6 Å².